The van der Waals surface area contributed by atoms with Crippen molar-refractivity contribution in [3.63, 3.8) is 0 Å². The standard InChI is InChI=1S/C43H81NO5/c1-3-5-7-9-11-12-13-14-15-16-17-18-19-20-21-22-23-24-25-30-34-38-43(48)49-40(35-31-27-10-8-6-4-2)36-32-28-26-29-33-37-41(45)44-39-42(46)47/h16-17,40H,3-15,18-39H2,1-2H3,(H,44,45)(H,46,47)/b17-16-. The topological polar surface area (TPSA) is 92.7 Å². The molecule has 0 fully saturated rings. The fourth-order valence-corrected chi connectivity index (χ4v) is 6.51. The number of esters is 1. The van der Waals surface area contributed by atoms with Gasteiger partial charge >= 0.3 is 11.9 Å². The number of carbonyl (C=O) groups is 3. The van der Waals surface area contributed by atoms with Crippen molar-refractivity contribution in [2.24, 2.45) is 0 Å². The Kier molecular flexibility index (Phi) is 37.5. The fraction of sp³-hybridized carbons (Fsp3) is 0.884. The number of allylic oxidation sites excluding steroid dienone is 2. The average molecular weight is 692 g/mol. The molecule has 0 aliphatic heterocycles. The molecule has 0 spiro atoms. The zero-order valence-electron chi connectivity index (χ0n) is 32.6. The highest BCUT2D eigenvalue weighted by atomic mass is 16.5. The van der Waals surface area contributed by atoms with Crippen LogP contribution in [0.2, 0.25) is 0 Å². The average Bonchev–Trinajstić information content (AvgIpc) is 3.08. The van der Waals surface area contributed by atoms with Crippen molar-refractivity contribution in [2.45, 2.75) is 238 Å². The summed E-state index contributed by atoms with van der Waals surface area (Å²) in [4.78, 5) is 34.8. The lowest BCUT2D eigenvalue weighted by atomic mass is 10.0. The third kappa shape index (κ3) is 38.8. The molecule has 0 heterocycles. The summed E-state index contributed by atoms with van der Waals surface area (Å²) in [5, 5.41) is 11.1. The predicted octanol–water partition coefficient (Wildman–Crippen LogP) is 13.0. The molecule has 49 heavy (non-hydrogen) atoms. The van der Waals surface area contributed by atoms with Gasteiger partial charge in [-0.2, -0.15) is 0 Å². The smallest absolute Gasteiger partial charge is 0.322 e. The van der Waals surface area contributed by atoms with Gasteiger partial charge in [0.1, 0.15) is 12.6 Å². The van der Waals surface area contributed by atoms with Crippen molar-refractivity contribution in [1.29, 1.82) is 0 Å². The van der Waals surface area contributed by atoms with Crippen LogP contribution < -0.4 is 5.32 Å². The number of unbranched alkanes of at least 4 members (excludes halogenated alkanes) is 26. The van der Waals surface area contributed by atoms with Gasteiger partial charge < -0.3 is 15.2 Å². The first-order valence-corrected chi connectivity index (χ1v) is 21.3. The molecule has 6 nitrogen and oxygen atoms in total. The quantitative estimate of drug-likeness (QED) is 0.0380. The van der Waals surface area contributed by atoms with Gasteiger partial charge in [0, 0.05) is 12.8 Å². The molecule has 1 amide bonds. The Bertz CT molecular complexity index is 767. The minimum Gasteiger partial charge on any atom is -0.480 e. The molecule has 0 saturated heterocycles. The molecule has 0 rings (SSSR count). The van der Waals surface area contributed by atoms with Crippen LogP contribution in [0.5, 0.6) is 0 Å². The maximum Gasteiger partial charge on any atom is 0.322 e. The molecule has 1 atom stereocenters. The van der Waals surface area contributed by atoms with Gasteiger partial charge in [-0.15, -0.1) is 0 Å². The summed E-state index contributed by atoms with van der Waals surface area (Å²) in [6.07, 6.45) is 45.0. The normalized spacial score (nSPS) is 12.0. The van der Waals surface area contributed by atoms with E-state index < -0.39 is 5.97 Å². The first-order valence-electron chi connectivity index (χ1n) is 21.3. The van der Waals surface area contributed by atoms with Crippen LogP contribution in [-0.2, 0) is 19.1 Å². The number of rotatable bonds is 39. The Balaban J connectivity index is 3.86. The Hall–Kier alpha value is -1.85. The van der Waals surface area contributed by atoms with Crippen LogP contribution in [0.25, 0.3) is 0 Å². The van der Waals surface area contributed by atoms with E-state index in [1.807, 2.05) is 0 Å². The van der Waals surface area contributed by atoms with Crippen molar-refractivity contribution in [2.75, 3.05) is 6.54 Å². The van der Waals surface area contributed by atoms with E-state index >= 15 is 0 Å². The number of nitrogens with one attached hydrogen (secondary N) is 1. The van der Waals surface area contributed by atoms with Crippen LogP contribution in [0.4, 0.5) is 0 Å². The Labute approximate surface area is 303 Å². The molecule has 1 unspecified atom stereocenters. The zero-order chi connectivity index (χ0) is 35.9. The van der Waals surface area contributed by atoms with Gasteiger partial charge in [-0.05, 0) is 64.2 Å². The summed E-state index contributed by atoms with van der Waals surface area (Å²) in [5.41, 5.74) is 0. The van der Waals surface area contributed by atoms with Crippen LogP contribution in [0.15, 0.2) is 12.2 Å². The van der Waals surface area contributed by atoms with Gasteiger partial charge in [-0.3, -0.25) is 14.4 Å². The lowest BCUT2D eigenvalue weighted by Gasteiger charge is -2.18. The summed E-state index contributed by atoms with van der Waals surface area (Å²) in [7, 11) is 0. The maximum absolute atomic E-state index is 12.7. The number of hydrogen-bond acceptors (Lipinski definition) is 4. The molecule has 0 aliphatic carbocycles. The van der Waals surface area contributed by atoms with Crippen LogP contribution in [0, 0.1) is 0 Å². The maximum atomic E-state index is 12.7. The van der Waals surface area contributed by atoms with Gasteiger partial charge in [0.25, 0.3) is 0 Å². The Morgan fingerprint density at radius 1 is 0.510 bits per heavy atom. The lowest BCUT2D eigenvalue weighted by Crippen LogP contribution is -2.28. The molecule has 0 aromatic carbocycles. The number of ether oxygens (including phenoxy) is 1. The number of carboxylic acid groups (broad SMARTS) is 1. The fourth-order valence-electron chi connectivity index (χ4n) is 6.51. The molecule has 2 N–H and O–H groups in total. The van der Waals surface area contributed by atoms with Crippen molar-refractivity contribution in [1.82, 2.24) is 5.32 Å². The highest BCUT2D eigenvalue weighted by molar-refractivity contribution is 5.80. The Morgan fingerprint density at radius 2 is 0.878 bits per heavy atom. The van der Waals surface area contributed by atoms with E-state index in [2.05, 4.69) is 31.3 Å². The minimum atomic E-state index is -1.01. The van der Waals surface area contributed by atoms with Crippen molar-refractivity contribution in [3.05, 3.63) is 12.2 Å². The summed E-state index contributed by atoms with van der Waals surface area (Å²) in [6.45, 7) is 4.21. The molecule has 0 bridgehead atoms. The van der Waals surface area contributed by atoms with E-state index in [0.29, 0.717) is 12.8 Å². The third-order valence-corrected chi connectivity index (χ3v) is 9.69. The molecule has 0 aromatic heterocycles. The van der Waals surface area contributed by atoms with Crippen LogP contribution in [-0.4, -0.2) is 35.6 Å². The van der Waals surface area contributed by atoms with E-state index in [-0.39, 0.29) is 24.5 Å². The van der Waals surface area contributed by atoms with Crippen LogP contribution >= 0.6 is 0 Å². The predicted molar refractivity (Wildman–Crippen MR) is 208 cm³/mol. The first-order chi connectivity index (χ1) is 24.0. The summed E-state index contributed by atoms with van der Waals surface area (Å²) < 4.78 is 5.98. The number of carboxylic acids is 1. The number of amides is 1. The van der Waals surface area contributed by atoms with Gasteiger partial charge in [-0.25, -0.2) is 0 Å². The van der Waals surface area contributed by atoms with Crippen LogP contribution in [0.1, 0.15) is 232 Å². The van der Waals surface area contributed by atoms with Gasteiger partial charge in [-0.1, -0.05) is 167 Å². The van der Waals surface area contributed by atoms with E-state index in [4.69, 9.17) is 9.84 Å². The number of hydrogen-bond donors (Lipinski definition) is 2. The molecule has 0 radical (unpaired) electrons. The van der Waals surface area contributed by atoms with Crippen molar-refractivity contribution < 1.29 is 24.2 Å². The zero-order valence-corrected chi connectivity index (χ0v) is 32.6. The first kappa shape index (κ1) is 47.1. The summed E-state index contributed by atoms with van der Waals surface area (Å²) >= 11 is 0. The number of aliphatic carboxylic acids is 1. The molecule has 0 saturated carbocycles. The van der Waals surface area contributed by atoms with Gasteiger partial charge in [0.2, 0.25) is 5.91 Å². The second-order valence-corrected chi connectivity index (χ2v) is 14.6. The monoisotopic (exact) mass is 692 g/mol. The van der Waals surface area contributed by atoms with Crippen molar-refractivity contribution >= 4 is 17.8 Å². The van der Waals surface area contributed by atoms with Crippen molar-refractivity contribution in [3.8, 4) is 0 Å². The molecule has 288 valence electrons. The lowest BCUT2D eigenvalue weighted by molar-refractivity contribution is -0.150. The SMILES string of the molecule is CCCCCCCCCC/C=C\CCCCCCCCCCCC(=O)OC(CCCCCCCC)CCCCCCCC(=O)NCC(=O)O. The van der Waals surface area contributed by atoms with E-state index in [1.165, 1.54) is 141 Å². The number of carbonyl (C=O) groups excluding carboxylic acids is 2. The molecule has 0 aromatic rings. The molecule has 6 heteroatoms. The molecular weight excluding hydrogens is 610 g/mol. The van der Waals surface area contributed by atoms with Gasteiger partial charge in [0.05, 0.1) is 0 Å². The second kappa shape index (κ2) is 38.9. The van der Waals surface area contributed by atoms with Crippen LogP contribution in [0.3, 0.4) is 0 Å². The largest absolute Gasteiger partial charge is 0.480 e. The minimum absolute atomic E-state index is 0.0183. The third-order valence-electron chi connectivity index (χ3n) is 9.69. The summed E-state index contributed by atoms with van der Waals surface area (Å²) in [6, 6.07) is 0. The second-order valence-electron chi connectivity index (χ2n) is 14.6. The molecule has 0 aliphatic rings. The molecular formula is C43H81NO5. The highest BCUT2D eigenvalue weighted by Gasteiger charge is 2.14. The van der Waals surface area contributed by atoms with E-state index in [1.54, 1.807) is 0 Å². The highest BCUT2D eigenvalue weighted by Crippen LogP contribution is 2.19. The van der Waals surface area contributed by atoms with Gasteiger partial charge in [0.15, 0.2) is 0 Å². The Morgan fingerprint density at radius 3 is 1.31 bits per heavy atom. The van der Waals surface area contributed by atoms with E-state index in [0.717, 1.165) is 64.2 Å². The summed E-state index contributed by atoms with van der Waals surface area (Å²) in [5.74, 6) is -1.23. The van der Waals surface area contributed by atoms with E-state index in [9.17, 15) is 14.4 Å².